The molecule has 0 spiro atoms. The monoisotopic (exact) mass is 316 g/mol. The Kier molecular flexibility index (Phi) is 4.89. The number of rotatable bonds is 6. The number of hydrogen-bond acceptors (Lipinski definition) is 5. The maximum atomic E-state index is 12.1. The number of nitrogens with zero attached hydrogens (tertiary/aromatic N) is 1. The molecule has 20 heavy (non-hydrogen) atoms. The molecule has 1 fully saturated rings. The molecule has 4 nitrogen and oxygen atoms in total. The summed E-state index contributed by atoms with van der Waals surface area (Å²) < 4.78 is 24.1. The molecule has 2 atom stereocenters. The summed E-state index contributed by atoms with van der Waals surface area (Å²) in [4.78, 5) is 3.52. The van der Waals surface area contributed by atoms with E-state index in [1.807, 2.05) is 13.1 Å². The average molecular weight is 316 g/mol. The minimum Gasteiger partial charge on any atom is -0.329 e. The molecule has 114 valence electrons. The van der Waals surface area contributed by atoms with Gasteiger partial charge >= 0.3 is 0 Å². The molecular weight excluding hydrogens is 292 g/mol. The summed E-state index contributed by atoms with van der Waals surface area (Å²) in [5, 5.41) is 1.75. The number of hydrogen-bond donors (Lipinski definition) is 1. The first kappa shape index (κ1) is 15.9. The lowest BCUT2D eigenvalue weighted by Crippen LogP contribution is -2.59. The van der Waals surface area contributed by atoms with Crippen LogP contribution in [0.4, 0.5) is 0 Å². The predicted octanol–water partition coefficient (Wildman–Crippen LogP) is 1.52. The fourth-order valence-electron chi connectivity index (χ4n) is 3.42. The first-order chi connectivity index (χ1) is 9.40. The maximum absolute atomic E-state index is 12.1. The van der Waals surface area contributed by atoms with E-state index < -0.39 is 9.84 Å². The lowest BCUT2D eigenvalue weighted by atomic mass is 9.95. The lowest BCUT2D eigenvalue weighted by molar-refractivity contribution is 0.136. The minimum atomic E-state index is -3.06. The molecule has 1 aromatic rings. The third-order valence-electron chi connectivity index (χ3n) is 4.58. The number of thiophene rings is 1. The molecule has 0 amide bonds. The van der Waals surface area contributed by atoms with Crippen LogP contribution in [0.2, 0.25) is 0 Å². The molecule has 2 rings (SSSR count). The van der Waals surface area contributed by atoms with Crippen LogP contribution in [0.3, 0.4) is 0 Å². The van der Waals surface area contributed by atoms with Crippen molar-refractivity contribution < 1.29 is 8.42 Å². The standard InChI is InChI=1S/C14H24N2O2S2/c1-16(9-7-12-5-4-10-19-12)14(11-15)8-3-6-13(14)20(2,17)18/h4-5,10,13H,3,6-9,11,15H2,1-2H3. The molecule has 1 aliphatic carbocycles. The fraction of sp³-hybridized carbons (Fsp3) is 0.714. The zero-order valence-corrected chi connectivity index (χ0v) is 13.8. The van der Waals surface area contributed by atoms with E-state index in [9.17, 15) is 8.42 Å². The van der Waals surface area contributed by atoms with Gasteiger partial charge in [0.2, 0.25) is 0 Å². The van der Waals surface area contributed by atoms with E-state index in [-0.39, 0.29) is 10.8 Å². The van der Waals surface area contributed by atoms with Crippen LogP contribution in [0, 0.1) is 0 Å². The van der Waals surface area contributed by atoms with Gasteiger partial charge in [-0.25, -0.2) is 8.42 Å². The molecule has 6 heteroatoms. The maximum Gasteiger partial charge on any atom is 0.152 e. The van der Waals surface area contributed by atoms with E-state index in [1.165, 1.54) is 11.1 Å². The molecule has 0 radical (unpaired) electrons. The molecule has 2 unspecified atom stereocenters. The van der Waals surface area contributed by atoms with Crippen molar-refractivity contribution in [3.63, 3.8) is 0 Å². The summed E-state index contributed by atoms with van der Waals surface area (Å²) in [6.45, 7) is 1.26. The normalized spacial score (nSPS) is 27.3. The third kappa shape index (κ3) is 3.08. The van der Waals surface area contributed by atoms with Crippen molar-refractivity contribution in [3.8, 4) is 0 Å². The highest BCUT2D eigenvalue weighted by molar-refractivity contribution is 7.91. The van der Waals surface area contributed by atoms with Crippen LogP contribution < -0.4 is 5.73 Å². The third-order valence-corrected chi connectivity index (χ3v) is 7.22. The Morgan fingerprint density at radius 3 is 2.85 bits per heavy atom. The van der Waals surface area contributed by atoms with Crippen molar-refractivity contribution in [2.24, 2.45) is 5.73 Å². The van der Waals surface area contributed by atoms with Gasteiger partial charge in [0.25, 0.3) is 0 Å². The summed E-state index contributed by atoms with van der Waals surface area (Å²) in [6.07, 6.45) is 4.85. The molecule has 0 bridgehead atoms. The molecule has 0 aromatic carbocycles. The number of sulfone groups is 1. The highest BCUT2D eigenvalue weighted by atomic mass is 32.2. The van der Waals surface area contributed by atoms with E-state index in [4.69, 9.17) is 5.73 Å². The smallest absolute Gasteiger partial charge is 0.152 e. The topological polar surface area (TPSA) is 63.4 Å². The van der Waals surface area contributed by atoms with Gasteiger partial charge < -0.3 is 5.73 Å². The Balaban J connectivity index is 2.13. The van der Waals surface area contributed by atoms with Crippen LogP contribution in [-0.4, -0.2) is 50.5 Å². The number of likely N-dealkylation sites (N-methyl/N-ethyl adjacent to an activating group) is 1. The first-order valence-electron chi connectivity index (χ1n) is 7.03. The molecule has 1 heterocycles. The second kappa shape index (κ2) is 6.13. The van der Waals surface area contributed by atoms with E-state index in [2.05, 4.69) is 16.3 Å². The second-order valence-electron chi connectivity index (χ2n) is 5.77. The highest BCUT2D eigenvalue weighted by Crippen LogP contribution is 2.38. The van der Waals surface area contributed by atoms with Crippen LogP contribution in [0.1, 0.15) is 24.1 Å². The SMILES string of the molecule is CN(CCc1cccs1)C1(CN)CCCC1S(C)(=O)=O. The van der Waals surface area contributed by atoms with E-state index in [1.54, 1.807) is 11.3 Å². The van der Waals surface area contributed by atoms with Gasteiger partial charge in [0.15, 0.2) is 9.84 Å². The van der Waals surface area contributed by atoms with Gasteiger partial charge in [0.05, 0.1) is 5.25 Å². The minimum absolute atomic E-state index is 0.326. The summed E-state index contributed by atoms with van der Waals surface area (Å²) in [7, 11) is -1.04. The Bertz CT molecular complexity index is 527. The zero-order valence-electron chi connectivity index (χ0n) is 12.2. The summed E-state index contributed by atoms with van der Waals surface area (Å²) in [5.41, 5.74) is 5.62. The van der Waals surface area contributed by atoms with Gasteiger partial charge in [-0.2, -0.15) is 0 Å². The largest absolute Gasteiger partial charge is 0.329 e. The Hall–Kier alpha value is -0.430. The fourth-order valence-corrected chi connectivity index (χ4v) is 5.90. The molecular formula is C14H24N2O2S2. The van der Waals surface area contributed by atoms with Crippen molar-refractivity contribution in [1.82, 2.24) is 4.90 Å². The van der Waals surface area contributed by atoms with E-state index in [0.717, 1.165) is 32.2 Å². The molecule has 0 aliphatic heterocycles. The van der Waals surface area contributed by atoms with Crippen LogP contribution in [0.25, 0.3) is 0 Å². The molecule has 2 N–H and O–H groups in total. The van der Waals surface area contributed by atoms with Crippen LogP contribution in [0.5, 0.6) is 0 Å². The lowest BCUT2D eigenvalue weighted by Gasteiger charge is -2.42. The van der Waals surface area contributed by atoms with Gasteiger partial charge in [-0.3, -0.25) is 4.90 Å². The quantitative estimate of drug-likeness (QED) is 0.864. The Morgan fingerprint density at radius 1 is 1.55 bits per heavy atom. The highest BCUT2D eigenvalue weighted by Gasteiger charge is 2.49. The average Bonchev–Trinajstić information content (AvgIpc) is 3.04. The van der Waals surface area contributed by atoms with Crippen molar-refractivity contribution in [3.05, 3.63) is 22.4 Å². The second-order valence-corrected chi connectivity index (χ2v) is 9.03. The van der Waals surface area contributed by atoms with Crippen molar-refractivity contribution >= 4 is 21.2 Å². The van der Waals surface area contributed by atoms with E-state index >= 15 is 0 Å². The van der Waals surface area contributed by atoms with Crippen LogP contribution in [-0.2, 0) is 16.3 Å². The molecule has 1 saturated carbocycles. The number of nitrogens with two attached hydrogens (primary N) is 1. The molecule has 1 aliphatic rings. The van der Waals surface area contributed by atoms with Gasteiger partial charge in [0.1, 0.15) is 0 Å². The van der Waals surface area contributed by atoms with Crippen LogP contribution in [0.15, 0.2) is 17.5 Å². The molecule has 1 aromatic heterocycles. The Morgan fingerprint density at radius 2 is 2.30 bits per heavy atom. The first-order valence-corrected chi connectivity index (χ1v) is 9.86. The van der Waals surface area contributed by atoms with Crippen molar-refractivity contribution in [2.75, 3.05) is 26.4 Å². The van der Waals surface area contributed by atoms with Crippen molar-refractivity contribution in [1.29, 1.82) is 0 Å². The molecule has 0 saturated heterocycles. The van der Waals surface area contributed by atoms with Crippen molar-refractivity contribution in [2.45, 2.75) is 36.5 Å². The summed E-state index contributed by atoms with van der Waals surface area (Å²) in [5.74, 6) is 0. The summed E-state index contributed by atoms with van der Waals surface area (Å²) >= 11 is 1.74. The van der Waals surface area contributed by atoms with E-state index in [0.29, 0.717) is 6.54 Å². The Labute approximate surface area is 125 Å². The zero-order chi connectivity index (χ0) is 14.8. The summed E-state index contributed by atoms with van der Waals surface area (Å²) in [6, 6.07) is 4.17. The van der Waals surface area contributed by atoms with Crippen LogP contribution >= 0.6 is 11.3 Å². The van der Waals surface area contributed by atoms with Gasteiger partial charge in [0, 0.05) is 29.8 Å². The van der Waals surface area contributed by atoms with Gasteiger partial charge in [-0.05, 0) is 37.8 Å². The van der Waals surface area contributed by atoms with Gasteiger partial charge in [-0.1, -0.05) is 12.5 Å². The predicted molar refractivity (Wildman–Crippen MR) is 84.9 cm³/mol. The van der Waals surface area contributed by atoms with Gasteiger partial charge in [-0.15, -0.1) is 11.3 Å².